The second-order valence-electron chi connectivity index (χ2n) is 5.85. The van der Waals surface area contributed by atoms with Gasteiger partial charge in [-0.3, -0.25) is 9.48 Å². The summed E-state index contributed by atoms with van der Waals surface area (Å²) in [5, 5.41) is 4.03. The van der Waals surface area contributed by atoms with Crippen molar-refractivity contribution in [2.75, 3.05) is 0 Å². The van der Waals surface area contributed by atoms with Crippen molar-refractivity contribution in [3.8, 4) is 11.6 Å². The first-order valence-corrected chi connectivity index (χ1v) is 8.18. The number of aryl methyl sites for hydroxylation is 1. The Morgan fingerprint density at radius 1 is 1.14 bits per heavy atom. The van der Waals surface area contributed by atoms with E-state index in [2.05, 4.69) is 10.6 Å². The van der Waals surface area contributed by atoms with Gasteiger partial charge in [0.25, 0.3) is 5.91 Å². The Hall–Kier alpha value is -3.49. The summed E-state index contributed by atoms with van der Waals surface area (Å²) in [5.41, 5.74) is 1.89. The fourth-order valence-electron chi connectivity index (χ4n) is 2.37. The summed E-state index contributed by atoms with van der Waals surface area (Å²) in [4.78, 5) is 17.5. The molecule has 0 bridgehead atoms. The van der Waals surface area contributed by atoms with E-state index in [1.54, 1.807) is 37.4 Å². The molecule has 1 heterocycles. The van der Waals surface area contributed by atoms with Gasteiger partial charge in [-0.25, -0.2) is 0 Å². The number of rotatable bonds is 6. The topological polar surface area (TPSA) is 65.4 Å². The molecule has 1 amide bonds. The molecule has 3 rings (SSSR count). The summed E-state index contributed by atoms with van der Waals surface area (Å²) in [6.45, 7) is -0.180. The van der Waals surface area contributed by atoms with E-state index in [4.69, 9.17) is 9.57 Å². The number of nitrogens with one attached hydrogen (secondary N) is 1. The fourth-order valence-corrected chi connectivity index (χ4v) is 2.37. The van der Waals surface area contributed by atoms with E-state index in [1.165, 1.54) is 23.0 Å². The first-order chi connectivity index (χ1) is 13.3. The molecular formula is C19H16F3N3O3. The van der Waals surface area contributed by atoms with Gasteiger partial charge in [-0.15, -0.1) is 5.10 Å². The lowest BCUT2D eigenvalue weighted by molar-refractivity contribution is -0.137. The molecule has 0 unspecified atom stereocenters. The van der Waals surface area contributed by atoms with Crippen LogP contribution in [0.15, 0.2) is 60.8 Å². The molecular weight excluding hydrogens is 375 g/mol. The second-order valence-corrected chi connectivity index (χ2v) is 5.85. The minimum absolute atomic E-state index is 0.0194. The maximum Gasteiger partial charge on any atom is 0.416 e. The van der Waals surface area contributed by atoms with Crippen molar-refractivity contribution in [1.82, 2.24) is 15.3 Å². The van der Waals surface area contributed by atoms with Crippen LogP contribution >= 0.6 is 0 Å². The van der Waals surface area contributed by atoms with Gasteiger partial charge in [0.15, 0.2) is 5.75 Å². The zero-order valence-corrected chi connectivity index (χ0v) is 14.7. The molecule has 28 heavy (non-hydrogen) atoms. The minimum Gasteiger partial charge on any atom is -0.471 e. The van der Waals surface area contributed by atoms with Crippen LogP contribution in [0.25, 0.3) is 0 Å². The molecule has 0 atom stereocenters. The van der Waals surface area contributed by atoms with E-state index in [1.807, 2.05) is 0 Å². The highest BCUT2D eigenvalue weighted by Crippen LogP contribution is 2.29. The number of benzene rings is 2. The first-order valence-electron chi connectivity index (χ1n) is 8.18. The molecule has 146 valence electrons. The summed E-state index contributed by atoms with van der Waals surface area (Å²) in [6, 6.07) is 13.4. The van der Waals surface area contributed by atoms with Gasteiger partial charge in [-0.1, -0.05) is 30.3 Å². The largest absolute Gasteiger partial charge is 0.471 e. The maximum atomic E-state index is 12.8. The summed E-state index contributed by atoms with van der Waals surface area (Å²) in [6.07, 6.45) is -3.02. The molecule has 2 aromatic carbocycles. The van der Waals surface area contributed by atoms with Crippen molar-refractivity contribution in [2.24, 2.45) is 7.05 Å². The van der Waals surface area contributed by atoms with Gasteiger partial charge in [-0.2, -0.15) is 18.7 Å². The van der Waals surface area contributed by atoms with Gasteiger partial charge in [0, 0.05) is 13.2 Å². The Labute approximate surface area is 158 Å². The normalized spacial score (nSPS) is 11.1. The number of alkyl halides is 3. The second kappa shape index (κ2) is 8.03. The van der Waals surface area contributed by atoms with Crippen LogP contribution in [-0.4, -0.2) is 15.7 Å². The van der Waals surface area contributed by atoms with Crippen molar-refractivity contribution in [3.63, 3.8) is 0 Å². The third-order valence-corrected chi connectivity index (χ3v) is 3.67. The molecule has 1 N–H and O–H groups in total. The van der Waals surface area contributed by atoms with Crippen molar-refractivity contribution in [1.29, 1.82) is 0 Å². The van der Waals surface area contributed by atoms with Gasteiger partial charge in [0.05, 0.1) is 5.56 Å². The number of hydrogen-bond acceptors (Lipinski definition) is 4. The van der Waals surface area contributed by atoms with Crippen LogP contribution in [0.2, 0.25) is 0 Å². The predicted molar refractivity (Wildman–Crippen MR) is 93.5 cm³/mol. The van der Waals surface area contributed by atoms with Gasteiger partial charge >= 0.3 is 6.18 Å². The van der Waals surface area contributed by atoms with E-state index >= 15 is 0 Å². The fraction of sp³-hybridized carbons (Fsp3) is 0.158. The molecule has 0 aliphatic carbocycles. The zero-order chi connectivity index (χ0) is 20.1. The smallest absolute Gasteiger partial charge is 0.416 e. The number of hydroxylamine groups is 1. The number of nitrogens with zero attached hydrogens (tertiary/aromatic N) is 2. The molecule has 0 saturated carbocycles. The van der Waals surface area contributed by atoms with Crippen molar-refractivity contribution in [2.45, 2.75) is 12.8 Å². The molecule has 1 aromatic heterocycles. The van der Waals surface area contributed by atoms with Crippen LogP contribution in [0.5, 0.6) is 11.6 Å². The van der Waals surface area contributed by atoms with Gasteiger partial charge in [0.2, 0.25) is 5.88 Å². The monoisotopic (exact) mass is 391 g/mol. The van der Waals surface area contributed by atoms with Crippen LogP contribution in [0.3, 0.4) is 0 Å². The summed E-state index contributed by atoms with van der Waals surface area (Å²) in [5.74, 6) is -0.184. The average molecular weight is 391 g/mol. The number of aromatic nitrogens is 2. The molecule has 0 saturated heterocycles. The van der Waals surface area contributed by atoms with Crippen molar-refractivity contribution >= 4 is 5.91 Å². The minimum atomic E-state index is -4.44. The Bertz CT molecular complexity index is 956. The van der Waals surface area contributed by atoms with Crippen LogP contribution in [-0.2, 0) is 19.8 Å². The number of carbonyl (C=O) groups excluding carboxylic acids is 1. The lowest BCUT2D eigenvalue weighted by atomic mass is 10.1. The van der Waals surface area contributed by atoms with Crippen LogP contribution in [0.1, 0.15) is 21.5 Å². The number of para-hydroxylation sites is 1. The maximum absolute atomic E-state index is 12.8. The molecule has 0 fully saturated rings. The Balaban J connectivity index is 1.68. The molecule has 9 heteroatoms. The predicted octanol–water partition coefficient (Wildman–Crippen LogP) is 3.74. The van der Waals surface area contributed by atoms with Crippen LogP contribution in [0.4, 0.5) is 13.2 Å². The Morgan fingerprint density at radius 2 is 1.89 bits per heavy atom. The van der Waals surface area contributed by atoms with E-state index in [9.17, 15) is 18.0 Å². The third kappa shape index (κ3) is 4.81. The van der Waals surface area contributed by atoms with Crippen molar-refractivity contribution < 1.29 is 27.5 Å². The summed E-state index contributed by atoms with van der Waals surface area (Å²) in [7, 11) is 1.59. The Kier molecular flexibility index (Phi) is 5.53. The molecule has 0 spiro atoms. The van der Waals surface area contributed by atoms with E-state index in [0.29, 0.717) is 11.3 Å². The van der Waals surface area contributed by atoms with Crippen LogP contribution < -0.4 is 15.1 Å². The molecule has 6 nitrogen and oxygen atoms in total. The van der Waals surface area contributed by atoms with E-state index < -0.39 is 17.6 Å². The highest BCUT2D eigenvalue weighted by Gasteiger charge is 2.30. The lowest BCUT2D eigenvalue weighted by Gasteiger charge is -2.10. The molecule has 0 aliphatic rings. The highest BCUT2D eigenvalue weighted by molar-refractivity contribution is 5.95. The van der Waals surface area contributed by atoms with Gasteiger partial charge < -0.3 is 9.57 Å². The number of ether oxygens (including phenoxy) is 1. The molecule has 3 aromatic rings. The van der Waals surface area contributed by atoms with Gasteiger partial charge in [-0.05, 0) is 29.8 Å². The number of amides is 1. The van der Waals surface area contributed by atoms with Gasteiger partial charge in [0.1, 0.15) is 12.2 Å². The molecule has 0 radical (unpaired) electrons. The van der Waals surface area contributed by atoms with Crippen LogP contribution in [0, 0.1) is 0 Å². The molecule has 0 aliphatic heterocycles. The average Bonchev–Trinajstić information content (AvgIpc) is 3.05. The standard InChI is InChI=1S/C19H16F3N3O3/c1-25-11-16(17(26)24-28-15-8-3-2-4-9-15)18(23-25)27-12-13-6-5-7-14(10-13)19(20,21)22/h2-11H,12H2,1H3,(H,24,26). The highest BCUT2D eigenvalue weighted by atomic mass is 19.4. The van der Waals surface area contributed by atoms with E-state index in [0.717, 1.165) is 12.1 Å². The number of carbonyl (C=O) groups is 1. The zero-order valence-electron chi connectivity index (χ0n) is 14.7. The first kappa shape index (κ1) is 19.3. The summed E-state index contributed by atoms with van der Waals surface area (Å²) >= 11 is 0. The SMILES string of the molecule is Cn1cc(C(=O)NOc2ccccc2)c(OCc2cccc(C(F)(F)F)c2)n1. The van der Waals surface area contributed by atoms with Crippen molar-refractivity contribution in [3.05, 3.63) is 77.5 Å². The van der Waals surface area contributed by atoms with E-state index in [-0.39, 0.29) is 18.1 Å². The number of hydrogen-bond donors (Lipinski definition) is 1. The quantitative estimate of drug-likeness (QED) is 0.650. The number of halogens is 3. The third-order valence-electron chi connectivity index (χ3n) is 3.67. The Morgan fingerprint density at radius 3 is 2.61 bits per heavy atom. The summed E-state index contributed by atoms with van der Waals surface area (Å²) < 4.78 is 45.2. The lowest BCUT2D eigenvalue weighted by Crippen LogP contribution is -2.27.